The van der Waals surface area contributed by atoms with Crippen molar-refractivity contribution < 1.29 is 61.8 Å². The van der Waals surface area contributed by atoms with Crippen molar-refractivity contribution in [3.05, 3.63) is 94.2 Å². The van der Waals surface area contributed by atoms with E-state index in [1.165, 1.54) is 33.4 Å². The van der Waals surface area contributed by atoms with Crippen LogP contribution in [0, 0.1) is 36.1 Å². The van der Waals surface area contributed by atoms with Crippen LogP contribution in [0.5, 0.6) is 0 Å². The smallest absolute Gasteiger partial charge is 1.00 e. The predicted octanol–water partition coefficient (Wildman–Crippen LogP) is 2.06. The van der Waals surface area contributed by atoms with Gasteiger partial charge >= 0.3 is 52.4 Å². The van der Waals surface area contributed by atoms with E-state index in [1.54, 1.807) is 0 Å². The van der Waals surface area contributed by atoms with Gasteiger partial charge in [-0.3, -0.25) is 24.3 Å². The minimum Gasteiger partial charge on any atom is -1.00 e. The summed E-state index contributed by atoms with van der Waals surface area (Å²) in [5.41, 5.74) is 8.49. The minimum absolute atomic E-state index is 0. The van der Waals surface area contributed by atoms with Crippen LogP contribution in [-0.2, 0) is 52.4 Å². The second-order valence-electron chi connectivity index (χ2n) is 7.60. The molecule has 4 aliphatic carbocycles. The van der Waals surface area contributed by atoms with E-state index >= 15 is 0 Å². The summed E-state index contributed by atoms with van der Waals surface area (Å²) in [4.78, 5) is 0. The Bertz CT molecular complexity index is 689. The van der Waals surface area contributed by atoms with Gasteiger partial charge in [-0.2, -0.15) is 34.4 Å². The Morgan fingerprint density at radius 2 is 0.938 bits per heavy atom. The Kier molecular flexibility index (Phi) is 25.6. The quantitative estimate of drug-likeness (QED) is 0.378. The SMILES string of the molecule is CC1=[C-]C(C)C(C)=C1C.CC1=[C-]C(C)C(C)=C1C.[C-]1=CC=CC1.[C-]1=CC=CC1.[F-].[F-].[Zr+2].[Zr+2]. The van der Waals surface area contributed by atoms with Crippen molar-refractivity contribution in [2.45, 2.75) is 68.2 Å². The molecule has 0 heterocycles. The largest absolute Gasteiger partial charge is 2.00 e. The number of hydrogen-bond donors (Lipinski definition) is 0. The summed E-state index contributed by atoms with van der Waals surface area (Å²) in [6, 6.07) is 0. The zero-order valence-electron chi connectivity index (χ0n) is 20.8. The summed E-state index contributed by atoms with van der Waals surface area (Å²) in [6.07, 6.45) is 26.7. The van der Waals surface area contributed by atoms with Crippen LogP contribution in [-0.4, -0.2) is 0 Å². The van der Waals surface area contributed by atoms with E-state index in [4.69, 9.17) is 0 Å². The molecular formula is C28H36F2Zr2-2. The third-order valence-corrected chi connectivity index (χ3v) is 5.64. The van der Waals surface area contributed by atoms with Crippen molar-refractivity contribution in [3.63, 3.8) is 0 Å². The minimum atomic E-state index is 0. The van der Waals surface area contributed by atoms with Gasteiger partial charge in [0, 0.05) is 0 Å². The molecule has 0 amide bonds. The van der Waals surface area contributed by atoms with Crippen LogP contribution < -0.4 is 9.41 Å². The van der Waals surface area contributed by atoms with Gasteiger partial charge in [0.05, 0.1) is 0 Å². The van der Waals surface area contributed by atoms with Crippen LogP contribution in [0.25, 0.3) is 0 Å². The molecule has 0 saturated heterocycles. The standard InChI is InChI=1S/2C9H13.2C5H5.2FH.2Zr/c2*1-6-5-7(2)9(4)8(6)3;2*1-2-4-5-3-1;;;;/h2*6H,1-4H3;2*1-3H,4H2;2*1H;;/q4*-1;;;2*+2/p-2. The van der Waals surface area contributed by atoms with Crippen molar-refractivity contribution in [1.82, 2.24) is 0 Å². The van der Waals surface area contributed by atoms with E-state index in [0.717, 1.165) is 12.8 Å². The number of halogens is 2. The molecule has 32 heavy (non-hydrogen) atoms. The Balaban J connectivity index is -0.000000161. The molecule has 0 radical (unpaired) electrons. The number of allylic oxidation sites excluding steroid dienone is 16. The first-order valence-corrected chi connectivity index (χ1v) is 10.2. The first-order valence-electron chi connectivity index (χ1n) is 10.2. The van der Waals surface area contributed by atoms with Gasteiger partial charge in [-0.25, -0.2) is 35.5 Å². The first kappa shape index (κ1) is 38.8. The van der Waals surface area contributed by atoms with Gasteiger partial charge in [0.2, 0.25) is 0 Å². The fraction of sp³-hybridized carbons (Fsp3) is 0.429. The molecule has 0 aromatic rings. The van der Waals surface area contributed by atoms with E-state index in [1.807, 2.05) is 24.3 Å². The molecule has 0 N–H and O–H groups in total. The van der Waals surface area contributed by atoms with Gasteiger partial charge in [0.1, 0.15) is 0 Å². The Morgan fingerprint density at radius 3 is 1.00 bits per heavy atom. The molecule has 0 bridgehead atoms. The molecule has 0 aromatic heterocycles. The molecule has 4 heteroatoms. The molecule has 0 fully saturated rings. The molecule has 4 rings (SSSR count). The van der Waals surface area contributed by atoms with Crippen LogP contribution in [0.4, 0.5) is 0 Å². The molecule has 0 aliphatic heterocycles. The van der Waals surface area contributed by atoms with Crippen LogP contribution in [0.15, 0.2) is 69.9 Å². The summed E-state index contributed by atoms with van der Waals surface area (Å²) in [7, 11) is 0. The summed E-state index contributed by atoms with van der Waals surface area (Å²) >= 11 is 0. The summed E-state index contributed by atoms with van der Waals surface area (Å²) < 4.78 is 0. The van der Waals surface area contributed by atoms with Crippen molar-refractivity contribution in [3.8, 4) is 0 Å². The van der Waals surface area contributed by atoms with Gasteiger partial charge in [0.25, 0.3) is 0 Å². The zero-order chi connectivity index (χ0) is 21.1. The summed E-state index contributed by atoms with van der Waals surface area (Å²) in [5.74, 6) is 1.12. The number of hydrogen-bond acceptors (Lipinski definition) is 0. The summed E-state index contributed by atoms with van der Waals surface area (Å²) in [6.45, 7) is 17.3. The molecule has 2 atom stereocenters. The monoisotopic (exact) mass is 590 g/mol. The second-order valence-corrected chi connectivity index (χ2v) is 7.60. The van der Waals surface area contributed by atoms with Crippen LogP contribution in [0.3, 0.4) is 0 Å². The van der Waals surface area contributed by atoms with Crippen molar-refractivity contribution in [2.75, 3.05) is 0 Å². The fourth-order valence-corrected chi connectivity index (χ4v) is 3.00. The van der Waals surface area contributed by atoms with E-state index in [-0.39, 0.29) is 61.8 Å². The van der Waals surface area contributed by atoms with Crippen LogP contribution in [0.2, 0.25) is 0 Å². The van der Waals surface area contributed by atoms with Gasteiger partial charge in [-0.05, 0) is 0 Å². The van der Waals surface area contributed by atoms with Gasteiger partial charge in [-0.1, -0.05) is 53.4 Å². The van der Waals surface area contributed by atoms with Gasteiger partial charge in [0.15, 0.2) is 0 Å². The molecule has 172 valence electrons. The molecule has 2 unspecified atom stereocenters. The molecule has 0 spiro atoms. The third kappa shape index (κ3) is 13.9. The molecule has 0 saturated carbocycles. The van der Waals surface area contributed by atoms with E-state index < -0.39 is 0 Å². The van der Waals surface area contributed by atoms with Crippen molar-refractivity contribution in [2.24, 2.45) is 11.8 Å². The van der Waals surface area contributed by atoms with E-state index in [9.17, 15) is 0 Å². The topological polar surface area (TPSA) is 0 Å². The Morgan fingerprint density at radius 1 is 0.625 bits per heavy atom. The zero-order valence-corrected chi connectivity index (χ0v) is 25.7. The summed E-state index contributed by atoms with van der Waals surface area (Å²) in [5, 5.41) is 0. The molecule has 0 nitrogen and oxygen atoms in total. The second kappa shape index (κ2) is 21.1. The van der Waals surface area contributed by atoms with Gasteiger partial charge in [-0.15, -0.1) is 26.7 Å². The van der Waals surface area contributed by atoms with Crippen LogP contribution >= 0.6 is 0 Å². The first-order chi connectivity index (χ1) is 13.3. The normalized spacial score (nSPS) is 20.8. The van der Waals surface area contributed by atoms with Crippen molar-refractivity contribution in [1.29, 1.82) is 0 Å². The number of rotatable bonds is 0. The van der Waals surface area contributed by atoms with Crippen LogP contribution in [0.1, 0.15) is 68.2 Å². The predicted molar refractivity (Wildman–Crippen MR) is 123 cm³/mol. The maximum absolute atomic E-state index is 3.36. The maximum Gasteiger partial charge on any atom is 2.00 e. The fourth-order valence-electron chi connectivity index (χ4n) is 3.00. The van der Waals surface area contributed by atoms with E-state index in [0.29, 0.717) is 11.8 Å². The maximum atomic E-state index is 3.36. The third-order valence-electron chi connectivity index (χ3n) is 5.64. The average molecular weight is 593 g/mol. The average Bonchev–Trinajstić information content (AvgIpc) is 3.47. The van der Waals surface area contributed by atoms with Crippen molar-refractivity contribution >= 4 is 0 Å². The van der Waals surface area contributed by atoms with E-state index in [2.05, 4.69) is 91.8 Å². The Labute approximate surface area is 234 Å². The molecule has 0 aromatic carbocycles. The van der Waals surface area contributed by atoms with Gasteiger partial charge < -0.3 is 9.41 Å². The molecule has 4 aliphatic rings. The molecular weight excluding hydrogens is 557 g/mol. The Hall–Kier alpha value is -0.454.